The number of carboxylic acid groups (broad SMARTS) is 1. The summed E-state index contributed by atoms with van der Waals surface area (Å²) in [5, 5.41) is 8.90. The second-order valence-corrected chi connectivity index (χ2v) is 4.61. The van der Waals surface area contributed by atoms with Gasteiger partial charge in [0.2, 0.25) is 0 Å². The molecule has 0 saturated carbocycles. The molecule has 0 amide bonds. The van der Waals surface area contributed by atoms with Gasteiger partial charge in [0, 0.05) is 10.5 Å². The highest BCUT2D eigenvalue weighted by molar-refractivity contribution is 7.98. The number of hydrogen-bond acceptors (Lipinski definition) is 2. The van der Waals surface area contributed by atoms with Crippen LogP contribution in [0.4, 0.5) is 4.39 Å². The molecule has 0 aromatic heterocycles. The minimum atomic E-state index is -1.06. The van der Waals surface area contributed by atoms with Crippen LogP contribution in [0.15, 0.2) is 47.4 Å². The van der Waals surface area contributed by atoms with E-state index in [0.717, 1.165) is 4.90 Å². The molecule has 0 unspecified atom stereocenters. The van der Waals surface area contributed by atoms with Crippen LogP contribution in [0.3, 0.4) is 0 Å². The van der Waals surface area contributed by atoms with E-state index in [1.54, 1.807) is 23.9 Å². The van der Waals surface area contributed by atoms with Crippen LogP contribution in [0.1, 0.15) is 10.4 Å². The van der Waals surface area contributed by atoms with Crippen LogP contribution < -0.4 is 0 Å². The lowest BCUT2D eigenvalue weighted by molar-refractivity contribution is 0.0697. The lowest BCUT2D eigenvalue weighted by atomic mass is 10.0. The molecule has 0 aliphatic rings. The summed E-state index contributed by atoms with van der Waals surface area (Å²) in [5.74, 6) is -1.48. The Kier molecular flexibility index (Phi) is 3.67. The van der Waals surface area contributed by atoms with Crippen LogP contribution in [-0.4, -0.2) is 17.3 Å². The van der Waals surface area contributed by atoms with Gasteiger partial charge < -0.3 is 5.11 Å². The van der Waals surface area contributed by atoms with E-state index in [2.05, 4.69) is 0 Å². The Hall–Kier alpha value is -1.81. The van der Waals surface area contributed by atoms with Crippen molar-refractivity contribution in [2.45, 2.75) is 4.90 Å². The van der Waals surface area contributed by atoms with Crippen LogP contribution in [-0.2, 0) is 0 Å². The monoisotopic (exact) mass is 262 g/mol. The number of rotatable bonds is 3. The van der Waals surface area contributed by atoms with E-state index in [-0.39, 0.29) is 5.56 Å². The highest BCUT2D eigenvalue weighted by atomic mass is 32.2. The maximum atomic E-state index is 13.7. The summed E-state index contributed by atoms with van der Waals surface area (Å²) in [6, 6.07) is 11.1. The highest BCUT2D eigenvalue weighted by Crippen LogP contribution is 2.26. The lowest BCUT2D eigenvalue weighted by Gasteiger charge is -2.06. The summed E-state index contributed by atoms with van der Waals surface area (Å²) < 4.78 is 13.7. The fourth-order valence-corrected chi connectivity index (χ4v) is 2.06. The van der Waals surface area contributed by atoms with Crippen molar-refractivity contribution >= 4 is 17.7 Å². The summed E-state index contributed by atoms with van der Waals surface area (Å²) in [5.41, 5.74) is 1.07. The molecule has 0 saturated heterocycles. The molecular formula is C14H11FO2S. The van der Waals surface area contributed by atoms with Crippen LogP contribution in [0, 0.1) is 5.82 Å². The molecule has 18 heavy (non-hydrogen) atoms. The van der Waals surface area contributed by atoms with Crippen molar-refractivity contribution in [1.82, 2.24) is 0 Å². The summed E-state index contributed by atoms with van der Waals surface area (Å²) in [7, 11) is 0. The molecule has 0 bridgehead atoms. The molecule has 92 valence electrons. The molecule has 0 aliphatic heterocycles. The van der Waals surface area contributed by atoms with E-state index >= 15 is 0 Å². The Labute approximate surface area is 108 Å². The molecule has 2 nitrogen and oxygen atoms in total. The second kappa shape index (κ2) is 5.23. The number of halogens is 1. The summed E-state index contributed by atoms with van der Waals surface area (Å²) in [4.78, 5) is 11.9. The third-order valence-corrected chi connectivity index (χ3v) is 3.36. The van der Waals surface area contributed by atoms with Crippen molar-refractivity contribution in [2.75, 3.05) is 6.26 Å². The normalized spacial score (nSPS) is 10.3. The number of aromatic carboxylic acids is 1. The minimum absolute atomic E-state index is 0.0837. The predicted octanol–water partition coefficient (Wildman–Crippen LogP) is 3.91. The van der Waals surface area contributed by atoms with Gasteiger partial charge in [0.05, 0.1) is 5.56 Å². The molecule has 0 aliphatic carbocycles. The molecule has 0 radical (unpaired) electrons. The number of carboxylic acids is 1. The molecule has 0 fully saturated rings. The van der Waals surface area contributed by atoms with Gasteiger partial charge in [-0.25, -0.2) is 9.18 Å². The van der Waals surface area contributed by atoms with E-state index in [9.17, 15) is 9.18 Å². The zero-order valence-corrected chi connectivity index (χ0v) is 10.5. The highest BCUT2D eigenvalue weighted by Gasteiger charge is 2.10. The Morgan fingerprint density at radius 1 is 1.17 bits per heavy atom. The topological polar surface area (TPSA) is 37.3 Å². The Morgan fingerprint density at radius 2 is 1.83 bits per heavy atom. The van der Waals surface area contributed by atoms with Gasteiger partial charge in [-0.1, -0.05) is 12.1 Å². The Bertz CT molecular complexity index is 579. The van der Waals surface area contributed by atoms with Crippen molar-refractivity contribution in [2.24, 2.45) is 0 Å². The Morgan fingerprint density at radius 3 is 2.39 bits per heavy atom. The summed E-state index contributed by atoms with van der Waals surface area (Å²) in [6.45, 7) is 0. The van der Waals surface area contributed by atoms with E-state index in [4.69, 9.17) is 5.11 Å². The van der Waals surface area contributed by atoms with E-state index < -0.39 is 11.8 Å². The fraction of sp³-hybridized carbons (Fsp3) is 0.0714. The van der Waals surface area contributed by atoms with Crippen molar-refractivity contribution < 1.29 is 14.3 Å². The van der Waals surface area contributed by atoms with Crippen molar-refractivity contribution in [1.29, 1.82) is 0 Å². The van der Waals surface area contributed by atoms with Crippen LogP contribution in [0.5, 0.6) is 0 Å². The first kappa shape index (κ1) is 12.6. The van der Waals surface area contributed by atoms with Crippen LogP contribution in [0.25, 0.3) is 11.1 Å². The van der Waals surface area contributed by atoms with Gasteiger partial charge >= 0.3 is 5.97 Å². The van der Waals surface area contributed by atoms with E-state index in [0.29, 0.717) is 11.1 Å². The standard InChI is InChI=1S/C14H11FO2S/c1-18-11-5-2-9(3-6-11)12-8-10(14(16)17)4-7-13(12)15/h2-8H,1H3,(H,16,17). The number of thioether (sulfide) groups is 1. The van der Waals surface area contributed by atoms with Gasteiger partial charge in [0.25, 0.3) is 0 Å². The number of benzene rings is 2. The van der Waals surface area contributed by atoms with Crippen molar-refractivity contribution in [3.63, 3.8) is 0 Å². The zero-order valence-electron chi connectivity index (χ0n) is 9.68. The lowest BCUT2D eigenvalue weighted by Crippen LogP contribution is -1.97. The number of hydrogen-bond donors (Lipinski definition) is 1. The maximum absolute atomic E-state index is 13.7. The second-order valence-electron chi connectivity index (χ2n) is 3.73. The molecule has 0 atom stereocenters. The minimum Gasteiger partial charge on any atom is -0.478 e. The van der Waals surface area contributed by atoms with E-state index in [1.165, 1.54) is 18.2 Å². The van der Waals surface area contributed by atoms with Gasteiger partial charge in [-0.2, -0.15) is 0 Å². The van der Waals surface area contributed by atoms with Gasteiger partial charge in [0.1, 0.15) is 5.82 Å². The Balaban J connectivity index is 2.48. The molecule has 1 N–H and O–H groups in total. The van der Waals surface area contributed by atoms with Crippen LogP contribution >= 0.6 is 11.8 Å². The maximum Gasteiger partial charge on any atom is 0.335 e. The molecule has 2 aromatic rings. The first-order valence-corrected chi connectivity index (χ1v) is 6.51. The first-order chi connectivity index (χ1) is 8.61. The SMILES string of the molecule is CSc1ccc(-c2cc(C(=O)O)ccc2F)cc1. The molecule has 0 spiro atoms. The smallest absolute Gasteiger partial charge is 0.335 e. The van der Waals surface area contributed by atoms with Gasteiger partial charge in [0.15, 0.2) is 0 Å². The van der Waals surface area contributed by atoms with Crippen molar-refractivity contribution in [3.8, 4) is 11.1 Å². The van der Waals surface area contributed by atoms with Gasteiger partial charge in [-0.05, 0) is 42.2 Å². The van der Waals surface area contributed by atoms with Gasteiger partial charge in [-0.3, -0.25) is 0 Å². The first-order valence-electron chi connectivity index (χ1n) is 5.29. The largest absolute Gasteiger partial charge is 0.478 e. The van der Waals surface area contributed by atoms with Crippen molar-refractivity contribution in [3.05, 3.63) is 53.8 Å². The molecule has 4 heteroatoms. The molecule has 2 aromatic carbocycles. The molecule has 0 heterocycles. The number of carbonyl (C=O) groups is 1. The molecule has 2 rings (SSSR count). The summed E-state index contributed by atoms with van der Waals surface area (Å²) >= 11 is 1.60. The van der Waals surface area contributed by atoms with Crippen LogP contribution in [0.2, 0.25) is 0 Å². The average Bonchev–Trinajstić information content (AvgIpc) is 2.39. The fourth-order valence-electron chi connectivity index (χ4n) is 1.65. The third kappa shape index (κ3) is 2.54. The summed E-state index contributed by atoms with van der Waals surface area (Å²) in [6.07, 6.45) is 1.96. The van der Waals surface area contributed by atoms with E-state index in [1.807, 2.05) is 18.4 Å². The third-order valence-electron chi connectivity index (χ3n) is 2.61. The molecular weight excluding hydrogens is 251 g/mol. The predicted molar refractivity (Wildman–Crippen MR) is 70.6 cm³/mol. The average molecular weight is 262 g/mol. The van der Waals surface area contributed by atoms with Gasteiger partial charge in [-0.15, -0.1) is 11.8 Å². The zero-order chi connectivity index (χ0) is 13.1. The quantitative estimate of drug-likeness (QED) is 0.852.